The summed E-state index contributed by atoms with van der Waals surface area (Å²) < 4.78 is 45.8. The van der Waals surface area contributed by atoms with Gasteiger partial charge < -0.3 is 23.8 Å². The van der Waals surface area contributed by atoms with Gasteiger partial charge in [0.2, 0.25) is 0 Å². The molecule has 3 saturated heterocycles. The summed E-state index contributed by atoms with van der Waals surface area (Å²) in [5, 5.41) is 14.6. The minimum absolute atomic E-state index is 0.00919. The first-order valence-electron chi connectivity index (χ1n) is 16.9. The zero-order valence-electron chi connectivity index (χ0n) is 28.0. The number of nitriles is 1. The molecule has 11 nitrogen and oxygen atoms in total. The molecular formula is C34H45FN8O3S. The van der Waals surface area contributed by atoms with Crippen molar-refractivity contribution in [3.05, 3.63) is 35.3 Å². The molecule has 1 spiro atoms. The first kappa shape index (κ1) is 32.5. The van der Waals surface area contributed by atoms with Crippen molar-refractivity contribution >= 4 is 39.8 Å². The minimum atomic E-state index is -1.19. The average molecular weight is 665 g/mol. The lowest BCUT2D eigenvalue weighted by molar-refractivity contribution is -0.0368. The quantitative estimate of drug-likeness (QED) is 0.344. The van der Waals surface area contributed by atoms with Gasteiger partial charge in [0.05, 0.1) is 30.5 Å². The zero-order chi connectivity index (χ0) is 33.1. The fourth-order valence-electron chi connectivity index (χ4n) is 7.65. The Morgan fingerprint density at radius 3 is 2.62 bits per heavy atom. The van der Waals surface area contributed by atoms with E-state index >= 15 is 4.39 Å². The summed E-state index contributed by atoms with van der Waals surface area (Å²) in [6.07, 6.45) is 6.89. The number of fused-ring (bicyclic) bond motifs is 2. The third-order valence-corrected chi connectivity index (χ3v) is 12.1. The van der Waals surface area contributed by atoms with Crippen molar-refractivity contribution in [2.75, 3.05) is 42.6 Å². The zero-order valence-corrected chi connectivity index (χ0v) is 28.8. The summed E-state index contributed by atoms with van der Waals surface area (Å²) in [6.45, 7) is 13.5. The Hall–Kier alpha value is -3.02. The van der Waals surface area contributed by atoms with Gasteiger partial charge in [-0.2, -0.15) is 5.26 Å². The smallest absolute Gasteiger partial charge is 0.183 e. The van der Waals surface area contributed by atoms with Crippen molar-refractivity contribution in [1.82, 2.24) is 24.5 Å². The van der Waals surface area contributed by atoms with Crippen LogP contribution in [0, 0.1) is 22.6 Å². The second-order valence-corrected chi connectivity index (χ2v) is 16.6. The molecule has 0 radical (unpaired) electrons. The van der Waals surface area contributed by atoms with E-state index < -0.39 is 17.2 Å². The summed E-state index contributed by atoms with van der Waals surface area (Å²) in [5.41, 5.74) is 2.51. The maximum atomic E-state index is 15.5. The Balaban J connectivity index is 1.21. The maximum absolute atomic E-state index is 15.5. The van der Waals surface area contributed by atoms with Crippen LogP contribution in [-0.2, 0) is 20.8 Å². The van der Waals surface area contributed by atoms with Gasteiger partial charge >= 0.3 is 0 Å². The molecule has 1 aromatic carbocycles. The molecule has 4 aliphatic rings. The fraction of sp³-hybridized carbons (Fsp3) is 0.647. The first-order chi connectivity index (χ1) is 22.5. The van der Waals surface area contributed by atoms with Crippen LogP contribution in [0.1, 0.15) is 96.4 Å². The minimum Gasteiger partial charge on any atom is -0.598 e. The molecule has 1 N–H and O–H groups in total. The second-order valence-electron chi connectivity index (χ2n) is 14.6. The van der Waals surface area contributed by atoms with Gasteiger partial charge in [0, 0.05) is 54.3 Å². The van der Waals surface area contributed by atoms with Crippen molar-refractivity contribution in [1.29, 1.82) is 5.26 Å². The largest absolute Gasteiger partial charge is 0.598 e. The van der Waals surface area contributed by atoms with E-state index in [2.05, 4.69) is 16.5 Å². The van der Waals surface area contributed by atoms with Crippen LogP contribution < -0.4 is 14.5 Å². The fourth-order valence-corrected chi connectivity index (χ4v) is 8.67. The van der Waals surface area contributed by atoms with Gasteiger partial charge in [0.25, 0.3) is 0 Å². The van der Waals surface area contributed by atoms with E-state index in [4.69, 9.17) is 24.5 Å². The highest BCUT2D eigenvalue weighted by molar-refractivity contribution is 7.90. The molecule has 0 saturated carbocycles. The third kappa shape index (κ3) is 5.76. The maximum Gasteiger partial charge on any atom is 0.183 e. The normalized spacial score (nSPS) is 26.9. The van der Waals surface area contributed by atoms with Crippen molar-refractivity contribution in [2.45, 2.75) is 102 Å². The van der Waals surface area contributed by atoms with Crippen molar-refractivity contribution in [3.63, 3.8) is 0 Å². The topological polar surface area (TPSA) is 127 Å². The Morgan fingerprint density at radius 2 is 1.91 bits per heavy atom. The number of benzene rings is 1. The molecule has 6 heterocycles. The van der Waals surface area contributed by atoms with Crippen LogP contribution in [-0.4, -0.2) is 74.0 Å². The molecular weight excluding hydrogens is 619 g/mol. The Kier molecular flexibility index (Phi) is 8.62. The van der Waals surface area contributed by atoms with Crippen molar-refractivity contribution < 1.29 is 18.4 Å². The number of ether oxygens (including phenoxy) is 2. The molecule has 2 aromatic heterocycles. The summed E-state index contributed by atoms with van der Waals surface area (Å²) in [5.74, 6) is 0.923. The number of halogens is 1. The molecule has 0 amide bonds. The highest BCUT2D eigenvalue weighted by Gasteiger charge is 2.52. The van der Waals surface area contributed by atoms with E-state index in [1.807, 2.05) is 55.6 Å². The first-order valence-corrected chi connectivity index (χ1v) is 18.1. The summed E-state index contributed by atoms with van der Waals surface area (Å²) >= 11 is -1.19. The van der Waals surface area contributed by atoms with Crippen LogP contribution in [0.3, 0.4) is 0 Å². The molecule has 47 heavy (non-hydrogen) atoms. The number of hydrogen-bond donors (Lipinski definition) is 1. The van der Waals surface area contributed by atoms with Crippen LogP contribution in [0.2, 0.25) is 0 Å². The molecule has 3 aromatic rings. The molecule has 2 unspecified atom stereocenters. The van der Waals surface area contributed by atoms with Crippen LogP contribution >= 0.6 is 0 Å². The lowest BCUT2D eigenvalue weighted by atomic mass is 9.73. The lowest BCUT2D eigenvalue weighted by Gasteiger charge is -2.43. The molecule has 13 heteroatoms. The third-order valence-electron chi connectivity index (χ3n) is 10.5. The molecule has 7 rings (SSSR count). The molecule has 4 aliphatic heterocycles. The van der Waals surface area contributed by atoms with Crippen LogP contribution in [0.4, 0.5) is 21.7 Å². The predicted octanol–water partition coefficient (Wildman–Crippen LogP) is 5.61. The Labute approximate surface area is 279 Å². The van der Waals surface area contributed by atoms with E-state index in [-0.39, 0.29) is 40.0 Å². The van der Waals surface area contributed by atoms with E-state index in [0.717, 1.165) is 57.4 Å². The second kappa shape index (κ2) is 12.5. The summed E-state index contributed by atoms with van der Waals surface area (Å²) in [7, 11) is 0. The van der Waals surface area contributed by atoms with E-state index in [1.54, 1.807) is 6.07 Å². The van der Waals surface area contributed by atoms with E-state index in [0.29, 0.717) is 48.0 Å². The summed E-state index contributed by atoms with van der Waals surface area (Å²) in [6, 6.07) is 5.37. The SMILES string of the molecule is CC1CCN(c2nn(C3CCCCO3)c3nc(N4CCC5(CC4)CO[C@@H](C)[C@H]5N[S@@+]([O-])C(C)(C)C)cnc23)c2ccc(C#N)c(F)c21. The van der Waals surface area contributed by atoms with Gasteiger partial charge in [-0.25, -0.2) is 19.0 Å². The van der Waals surface area contributed by atoms with Gasteiger partial charge in [-0.1, -0.05) is 6.92 Å². The molecule has 3 fully saturated rings. The van der Waals surface area contributed by atoms with Crippen LogP contribution in [0.15, 0.2) is 18.3 Å². The number of rotatable bonds is 5. The number of hydrogen-bond acceptors (Lipinski definition) is 10. The molecule has 5 atom stereocenters. The van der Waals surface area contributed by atoms with Gasteiger partial charge in [-0.05, 0) is 84.3 Å². The van der Waals surface area contributed by atoms with Gasteiger partial charge in [-0.15, -0.1) is 9.82 Å². The van der Waals surface area contributed by atoms with Gasteiger partial charge in [-0.3, -0.25) is 0 Å². The monoisotopic (exact) mass is 664 g/mol. The number of nitrogens with zero attached hydrogens (tertiary/aromatic N) is 7. The van der Waals surface area contributed by atoms with Crippen molar-refractivity contribution in [3.8, 4) is 6.07 Å². The number of piperidine rings is 1. The molecule has 252 valence electrons. The lowest BCUT2D eigenvalue weighted by Crippen LogP contribution is -2.56. The predicted molar refractivity (Wildman–Crippen MR) is 179 cm³/mol. The molecule has 0 bridgehead atoms. The highest BCUT2D eigenvalue weighted by atomic mass is 32.2. The average Bonchev–Trinajstić information content (AvgIpc) is 3.58. The number of anilines is 3. The molecule has 0 aliphatic carbocycles. The van der Waals surface area contributed by atoms with Crippen LogP contribution in [0.25, 0.3) is 11.2 Å². The highest BCUT2D eigenvalue weighted by Crippen LogP contribution is 2.45. The standard InChI is InChI=1S/C34H45FN8O3S/c1-21-11-14-42(24-10-9-23(18-36)28(35)27(21)24)32-29-31(43(39-32)26-8-6-7-17-45-26)38-25(19-37-29)41-15-12-34(13-16-41)20-46-22(2)30(34)40-47(44)33(3,4)5/h9-10,19,21-22,26,30,40H,6-8,11-17,20H2,1-5H3/t21?,22-,26?,30+,47-/m0/s1. The Bertz CT molecular complexity index is 1670. The van der Waals surface area contributed by atoms with Gasteiger partial charge in [0.15, 0.2) is 23.2 Å². The number of nitrogens with one attached hydrogen (secondary N) is 1. The van der Waals surface area contributed by atoms with Crippen molar-refractivity contribution in [2.24, 2.45) is 5.41 Å². The summed E-state index contributed by atoms with van der Waals surface area (Å²) in [4.78, 5) is 14.4. The van der Waals surface area contributed by atoms with Crippen LogP contribution in [0.5, 0.6) is 0 Å². The van der Waals surface area contributed by atoms with E-state index in [9.17, 15) is 9.81 Å². The van der Waals surface area contributed by atoms with E-state index in [1.165, 1.54) is 0 Å². The Morgan fingerprint density at radius 1 is 1.13 bits per heavy atom. The van der Waals surface area contributed by atoms with Gasteiger partial charge in [0.1, 0.15) is 22.5 Å². The number of aromatic nitrogens is 4.